The van der Waals surface area contributed by atoms with E-state index in [4.69, 9.17) is 4.74 Å². The van der Waals surface area contributed by atoms with Crippen LogP contribution < -0.4 is 10.6 Å². The van der Waals surface area contributed by atoms with E-state index in [1.54, 1.807) is 18.1 Å². The predicted octanol–water partition coefficient (Wildman–Crippen LogP) is 4.39. The molecule has 1 aliphatic heterocycles. The number of fused-ring (bicyclic) bond motifs is 1. The average Bonchev–Trinajstić information content (AvgIpc) is 2.80. The van der Waals surface area contributed by atoms with Crippen molar-refractivity contribution in [3.63, 3.8) is 0 Å². The van der Waals surface area contributed by atoms with Gasteiger partial charge in [-0.25, -0.2) is 14.8 Å². The standard InChI is InChI=1S/C21H24N6O2.CHF3/c1-13-4-5-16(25-21(28)27-6-8-29-9-7-27)11-17(13)18-10-15-12-23-20(22-3)26-19(15)24-14(18)2;2-1(3)4/h4-5,10-12H,6-9H2,1-3H3,(H,25,28)(H,22,23,24,26);1H. The lowest BCUT2D eigenvalue weighted by Gasteiger charge is -2.27. The summed E-state index contributed by atoms with van der Waals surface area (Å²) in [7, 11) is 1.78. The van der Waals surface area contributed by atoms with Crippen molar-refractivity contribution in [2.24, 2.45) is 0 Å². The van der Waals surface area contributed by atoms with Crippen molar-refractivity contribution in [2.75, 3.05) is 44.0 Å². The van der Waals surface area contributed by atoms with Crippen molar-refractivity contribution < 1.29 is 22.7 Å². The van der Waals surface area contributed by atoms with Crippen LogP contribution in [0.25, 0.3) is 22.2 Å². The van der Waals surface area contributed by atoms with Crippen molar-refractivity contribution in [1.29, 1.82) is 0 Å². The van der Waals surface area contributed by atoms with Gasteiger partial charge in [0, 0.05) is 48.7 Å². The maximum Gasteiger partial charge on any atom is 0.379 e. The first-order valence-corrected chi connectivity index (χ1v) is 10.3. The van der Waals surface area contributed by atoms with Crippen LogP contribution in [0, 0.1) is 13.8 Å². The molecule has 2 amide bonds. The summed E-state index contributed by atoms with van der Waals surface area (Å²) in [6.45, 7) is 2.71. The van der Waals surface area contributed by atoms with Crippen LogP contribution in [0.15, 0.2) is 30.5 Å². The van der Waals surface area contributed by atoms with E-state index in [1.165, 1.54) is 0 Å². The highest BCUT2D eigenvalue weighted by atomic mass is 19.4. The number of alkyl halides is 3. The number of carbonyl (C=O) groups is 1. The number of urea groups is 1. The van der Waals surface area contributed by atoms with Crippen LogP contribution in [-0.2, 0) is 4.74 Å². The molecule has 4 rings (SSSR count). The number of anilines is 2. The minimum Gasteiger partial charge on any atom is -0.378 e. The maximum atomic E-state index is 12.5. The molecule has 3 aromatic rings. The molecule has 0 bridgehead atoms. The van der Waals surface area contributed by atoms with E-state index in [0.29, 0.717) is 37.9 Å². The SMILES string of the molecule is CNc1ncc2cc(-c3cc(NC(=O)N4CCOCC4)ccc3C)c(C)nc2n1.FC(F)F. The molecule has 1 aromatic carbocycles. The normalized spacial score (nSPS) is 13.5. The van der Waals surface area contributed by atoms with Crippen LogP contribution in [0.3, 0.4) is 0 Å². The van der Waals surface area contributed by atoms with E-state index in [2.05, 4.69) is 25.6 Å². The molecule has 33 heavy (non-hydrogen) atoms. The van der Waals surface area contributed by atoms with Crippen LogP contribution in [0.1, 0.15) is 11.3 Å². The Balaban J connectivity index is 0.000000709. The van der Waals surface area contributed by atoms with Gasteiger partial charge in [0.25, 0.3) is 0 Å². The third kappa shape index (κ3) is 6.28. The zero-order valence-electron chi connectivity index (χ0n) is 18.5. The zero-order chi connectivity index (χ0) is 24.0. The van der Waals surface area contributed by atoms with Crippen LogP contribution in [0.2, 0.25) is 0 Å². The lowest BCUT2D eigenvalue weighted by Crippen LogP contribution is -2.43. The summed E-state index contributed by atoms with van der Waals surface area (Å²) in [5.41, 5.74) is 5.40. The van der Waals surface area contributed by atoms with Gasteiger partial charge in [0.1, 0.15) is 0 Å². The van der Waals surface area contributed by atoms with E-state index in [0.717, 1.165) is 33.5 Å². The molecule has 3 heterocycles. The number of amides is 2. The average molecular weight is 462 g/mol. The Morgan fingerprint density at radius 2 is 1.79 bits per heavy atom. The largest absolute Gasteiger partial charge is 0.379 e. The van der Waals surface area contributed by atoms with Crippen molar-refractivity contribution in [3.05, 3.63) is 41.7 Å². The number of benzene rings is 1. The Hall–Kier alpha value is -3.47. The molecule has 1 aliphatic rings. The Labute approximate surface area is 189 Å². The molecule has 8 nitrogen and oxygen atoms in total. The molecule has 0 saturated carbocycles. The Morgan fingerprint density at radius 3 is 2.45 bits per heavy atom. The van der Waals surface area contributed by atoms with Crippen molar-refractivity contribution in [3.8, 4) is 11.1 Å². The fourth-order valence-corrected chi connectivity index (χ4v) is 3.40. The van der Waals surface area contributed by atoms with Gasteiger partial charge in [-0.05, 0) is 43.2 Å². The minimum atomic E-state index is -3.67. The highest BCUT2D eigenvalue weighted by Crippen LogP contribution is 2.31. The number of nitrogens with zero attached hydrogens (tertiary/aromatic N) is 4. The molecule has 0 radical (unpaired) electrons. The molecule has 2 aromatic heterocycles. The molecular weight excluding hydrogens is 437 g/mol. The molecule has 11 heteroatoms. The van der Waals surface area contributed by atoms with Crippen LogP contribution in [0.5, 0.6) is 0 Å². The highest BCUT2D eigenvalue weighted by Gasteiger charge is 2.17. The molecule has 0 unspecified atom stereocenters. The summed E-state index contributed by atoms with van der Waals surface area (Å²) in [6.07, 6.45) is 1.77. The number of ether oxygens (including phenoxy) is 1. The summed E-state index contributed by atoms with van der Waals surface area (Å²) in [4.78, 5) is 27.7. The van der Waals surface area contributed by atoms with Gasteiger partial charge in [0.05, 0.1) is 13.2 Å². The van der Waals surface area contributed by atoms with Gasteiger partial charge >= 0.3 is 12.7 Å². The van der Waals surface area contributed by atoms with Gasteiger partial charge in [0.15, 0.2) is 5.65 Å². The summed E-state index contributed by atoms with van der Waals surface area (Å²) < 4.78 is 34.3. The van der Waals surface area contributed by atoms with Gasteiger partial charge in [-0.2, -0.15) is 18.2 Å². The number of pyridine rings is 1. The zero-order valence-corrected chi connectivity index (χ0v) is 18.5. The number of morpholine rings is 1. The topological polar surface area (TPSA) is 92.3 Å². The van der Waals surface area contributed by atoms with Gasteiger partial charge in [-0.3, -0.25) is 0 Å². The molecule has 1 saturated heterocycles. The second-order valence-corrected chi connectivity index (χ2v) is 7.28. The highest BCUT2D eigenvalue weighted by molar-refractivity contribution is 5.91. The van der Waals surface area contributed by atoms with E-state index in [1.807, 2.05) is 38.1 Å². The fourth-order valence-electron chi connectivity index (χ4n) is 3.40. The number of aromatic nitrogens is 3. The minimum absolute atomic E-state index is 0.107. The van der Waals surface area contributed by atoms with Gasteiger partial charge in [-0.15, -0.1) is 0 Å². The molecular formula is C22H25F3N6O2. The van der Waals surface area contributed by atoms with Crippen molar-refractivity contribution >= 4 is 28.7 Å². The number of rotatable bonds is 3. The maximum absolute atomic E-state index is 12.5. The molecule has 0 aliphatic carbocycles. The van der Waals surface area contributed by atoms with E-state index in [9.17, 15) is 18.0 Å². The molecule has 176 valence electrons. The van der Waals surface area contributed by atoms with Gasteiger partial charge in [0.2, 0.25) is 5.95 Å². The van der Waals surface area contributed by atoms with Gasteiger partial charge in [-0.1, -0.05) is 6.07 Å². The summed E-state index contributed by atoms with van der Waals surface area (Å²) in [5.74, 6) is 0.543. The Kier molecular flexibility index (Phi) is 7.99. The molecule has 2 N–H and O–H groups in total. The van der Waals surface area contributed by atoms with Crippen LogP contribution in [0.4, 0.5) is 29.6 Å². The van der Waals surface area contributed by atoms with E-state index < -0.39 is 6.68 Å². The Bertz CT molecular complexity index is 1120. The monoisotopic (exact) mass is 462 g/mol. The quantitative estimate of drug-likeness (QED) is 0.600. The molecule has 1 fully saturated rings. The molecule has 0 atom stereocenters. The predicted molar refractivity (Wildman–Crippen MR) is 120 cm³/mol. The second-order valence-electron chi connectivity index (χ2n) is 7.28. The van der Waals surface area contributed by atoms with Crippen LogP contribution in [-0.4, -0.2) is 65.9 Å². The summed E-state index contributed by atoms with van der Waals surface area (Å²) >= 11 is 0. The van der Waals surface area contributed by atoms with E-state index >= 15 is 0 Å². The first-order valence-electron chi connectivity index (χ1n) is 10.3. The number of nitrogens with one attached hydrogen (secondary N) is 2. The third-order valence-electron chi connectivity index (χ3n) is 5.06. The lowest BCUT2D eigenvalue weighted by molar-refractivity contribution is 0.00819. The first-order chi connectivity index (χ1) is 15.8. The number of hydrogen-bond acceptors (Lipinski definition) is 6. The number of aryl methyl sites for hydroxylation is 2. The van der Waals surface area contributed by atoms with E-state index in [-0.39, 0.29) is 6.03 Å². The van der Waals surface area contributed by atoms with Gasteiger partial charge < -0.3 is 20.3 Å². The Morgan fingerprint density at radius 1 is 1.09 bits per heavy atom. The van der Waals surface area contributed by atoms with Crippen molar-refractivity contribution in [2.45, 2.75) is 20.5 Å². The fraction of sp³-hybridized carbons (Fsp3) is 0.364. The number of halogens is 3. The smallest absolute Gasteiger partial charge is 0.378 e. The first kappa shape index (κ1) is 24.2. The lowest BCUT2D eigenvalue weighted by atomic mass is 9.98. The second kappa shape index (κ2) is 10.9. The summed E-state index contributed by atoms with van der Waals surface area (Å²) in [6, 6.07) is 7.86. The third-order valence-corrected chi connectivity index (χ3v) is 5.06. The molecule has 0 spiro atoms. The summed E-state index contributed by atoms with van der Waals surface area (Å²) in [5, 5.41) is 6.80. The van der Waals surface area contributed by atoms with Crippen molar-refractivity contribution in [1.82, 2.24) is 19.9 Å². The van der Waals surface area contributed by atoms with Crippen LogP contribution >= 0.6 is 0 Å². The number of hydrogen-bond donors (Lipinski definition) is 2. The number of carbonyl (C=O) groups excluding carboxylic acids is 1.